The number of rotatable bonds is 6. The van der Waals surface area contributed by atoms with E-state index in [2.05, 4.69) is 39.0 Å². The minimum atomic E-state index is -0.680. The summed E-state index contributed by atoms with van der Waals surface area (Å²) in [7, 11) is 1.90. The molecule has 1 aliphatic carbocycles. The molecule has 1 atom stereocenters. The summed E-state index contributed by atoms with van der Waals surface area (Å²) in [6.07, 6.45) is 7.32. The number of nitrogens with zero attached hydrogens (tertiary/aromatic N) is 2. The van der Waals surface area contributed by atoms with Gasteiger partial charge >= 0.3 is 0 Å². The van der Waals surface area contributed by atoms with Crippen LogP contribution in [-0.2, 0) is 4.74 Å². The number of hydrogen-bond donors (Lipinski definition) is 1. The van der Waals surface area contributed by atoms with Gasteiger partial charge in [-0.15, -0.1) is 0 Å². The van der Waals surface area contributed by atoms with Gasteiger partial charge in [0.15, 0.2) is 11.7 Å². The van der Waals surface area contributed by atoms with Crippen LogP contribution in [0.2, 0.25) is 0 Å². The van der Waals surface area contributed by atoms with Crippen LogP contribution >= 0.6 is 0 Å². The van der Waals surface area contributed by atoms with Gasteiger partial charge in [-0.2, -0.15) is 0 Å². The Bertz CT molecular complexity index is 668. The van der Waals surface area contributed by atoms with Gasteiger partial charge in [0.1, 0.15) is 19.1 Å². The molecule has 150 valence electrons. The standard InChI is InChI=1S/C22H35N3O2/c1-16(2)19-10-17(3)11-20(12-19)26-14-22(13-18-8-6-5-7-9-18)24-21(23)25(4)15-27-22/h10-12,16,18H,5-9,13-15H2,1-4H3,(H2,23,24). The zero-order valence-electron chi connectivity index (χ0n) is 17.3. The van der Waals surface area contributed by atoms with Crippen LogP contribution in [0.15, 0.2) is 23.2 Å². The first-order valence-corrected chi connectivity index (χ1v) is 10.3. The average molecular weight is 374 g/mol. The average Bonchev–Trinajstić information content (AvgIpc) is 2.64. The molecule has 0 spiro atoms. The number of aryl methyl sites for hydroxylation is 1. The highest BCUT2D eigenvalue weighted by Gasteiger charge is 2.39. The molecule has 1 aromatic carbocycles. The topological polar surface area (TPSA) is 60.1 Å². The van der Waals surface area contributed by atoms with Crippen molar-refractivity contribution < 1.29 is 9.47 Å². The fourth-order valence-corrected chi connectivity index (χ4v) is 4.08. The van der Waals surface area contributed by atoms with Crippen molar-refractivity contribution in [2.24, 2.45) is 16.6 Å². The number of guanidine groups is 1. The Morgan fingerprint density at radius 2 is 2.00 bits per heavy atom. The van der Waals surface area contributed by atoms with Gasteiger partial charge in [0.2, 0.25) is 0 Å². The van der Waals surface area contributed by atoms with Crippen LogP contribution in [0.25, 0.3) is 0 Å². The van der Waals surface area contributed by atoms with E-state index in [9.17, 15) is 0 Å². The van der Waals surface area contributed by atoms with Crippen molar-refractivity contribution in [2.75, 3.05) is 20.4 Å². The predicted octanol–water partition coefficient (Wildman–Crippen LogP) is 4.40. The largest absolute Gasteiger partial charge is 0.488 e. The molecule has 1 saturated carbocycles. The molecule has 1 fully saturated rings. The quantitative estimate of drug-likeness (QED) is 0.803. The van der Waals surface area contributed by atoms with E-state index in [0.29, 0.717) is 31.1 Å². The molecule has 0 saturated heterocycles. The Morgan fingerprint density at radius 1 is 1.26 bits per heavy atom. The Kier molecular flexibility index (Phi) is 6.30. The zero-order chi connectivity index (χ0) is 19.4. The van der Waals surface area contributed by atoms with Crippen molar-refractivity contribution in [3.63, 3.8) is 0 Å². The minimum Gasteiger partial charge on any atom is -0.488 e. The summed E-state index contributed by atoms with van der Waals surface area (Å²) >= 11 is 0. The molecule has 1 heterocycles. The Labute approximate surface area is 163 Å². The van der Waals surface area contributed by atoms with Gasteiger partial charge in [0.05, 0.1) is 0 Å². The van der Waals surface area contributed by atoms with Gasteiger partial charge < -0.3 is 20.1 Å². The van der Waals surface area contributed by atoms with Crippen LogP contribution in [-0.4, -0.2) is 37.0 Å². The summed E-state index contributed by atoms with van der Waals surface area (Å²) in [5.41, 5.74) is 7.98. The maximum atomic E-state index is 6.24. The Hall–Kier alpha value is -1.75. The van der Waals surface area contributed by atoms with Gasteiger partial charge in [-0.05, 0) is 42.0 Å². The third-order valence-corrected chi connectivity index (χ3v) is 5.77. The first-order chi connectivity index (χ1) is 12.9. The molecule has 27 heavy (non-hydrogen) atoms. The normalized spacial score (nSPS) is 24.2. The van der Waals surface area contributed by atoms with E-state index in [-0.39, 0.29) is 0 Å². The van der Waals surface area contributed by atoms with E-state index in [1.807, 2.05) is 11.9 Å². The molecule has 0 bridgehead atoms. The lowest BCUT2D eigenvalue weighted by atomic mass is 9.83. The molecule has 1 unspecified atom stereocenters. The van der Waals surface area contributed by atoms with E-state index in [0.717, 1.165) is 12.2 Å². The SMILES string of the molecule is Cc1cc(OCC2(CC3CCCCC3)N=C(N)N(C)CO2)cc(C(C)C)c1. The second-order valence-corrected chi connectivity index (χ2v) is 8.62. The molecule has 2 N–H and O–H groups in total. The molecular weight excluding hydrogens is 338 g/mol. The van der Waals surface area contributed by atoms with Crippen molar-refractivity contribution >= 4 is 5.96 Å². The van der Waals surface area contributed by atoms with Gasteiger partial charge in [0.25, 0.3) is 0 Å². The van der Waals surface area contributed by atoms with Crippen molar-refractivity contribution in [1.29, 1.82) is 0 Å². The summed E-state index contributed by atoms with van der Waals surface area (Å²) in [6.45, 7) is 7.37. The molecule has 5 heteroatoms. The first-order valence-electron chi connectivity index (χ1n) is 10.3. The Balaban J connectivity index is 1.77. The lowest BCUT2D eigenvalue weighted by molar-refractivity contribution is -0.118. The van der Waals surface area contributed by atoms with Crippen molar-refractivity contribution in [1.82, 2.24) is 4.90 Å². The third kappa shape index (κ3) is 5.16. The third-order valence-electron chi connectivity index (χ3n) is 5.77. The van der Waals surface area contributed by atoms with Gasteiger partial charge in [0, 0.05) is 13.5 Å². The Morgan fingerprint density at radius 3 is 2.67 bits per heavy atom. The van der Waals surface area contributed by atoms with Gasteiger partial charge in [-0.1, -0.05) is 52.0 Å². The number of hydrogen-bond acceptors (Lipinski definition) is 5. The molecule has 0 radical (unpaired) electrons. The van der Waals surface area contributed by atoms with E-state index in [1.165, 1.54) is 43.2 Å². The van der Waals surface area contributed by atoms with E-state index < -0.39 is 5.72 Å². The van der Waals surface area contributed by atoms with Crippen LogP contribution in [0.3, 0.4) is 0 Å². The summed E-state index contributed by atoms with van der Waals surface area (Å²) in [5.74, 6) is 2.52. The van der Waals surface area contributed by atoms with E-state index in [1.54, 1.807) is 0 Å². The summed E-state index contributed by atoms with van der Waals surface area (Å²) in [5, 5.41) is 0. The number of nitrogens with two attached hydrogens (primary N) is 1. The first kappa shape index (κ1) is 20.0. The lowest BCUT2D eigenvalue weighted by Gasteiger charge is -2.39. The second kappa shape index (κ2) is 8.51. The van der Waals surface area contributed by atoms with Crippen molar-refractivity contribution in [3.8, 4) is 5.75 Å². The molecule has 3 rings (SSSR count). The molecule has 1 aromatic rings. The highest BCUT2D eigenvalue weighted by atomic mass is 16.6. The van der Waals surface area contributed by atoms with Crippen LogP contribution < -0.4 is 10.5 Å². The molecule has 5 nitrogen and oxygen atoms in total. The van der Waals surface area contributed by atoms with E-state index in [4.69, 9.17) is 20.2 Å². The van der Waals surface area contributed by atoms with Crippen LogP contribution in [0.1, 0.15) is 69.4 Å². The van der Waals surface area contributed by atoms with Gasteiger partial charge in [-0.25, -0.2) is 4.99 Å². The summed E-state index contributed by atoms with van der Waals surface area (Å²) in [4.78, 5) is 6.59. The fraction of sp³-hybridized carbons (Fsp3) is 0.682. The maximum absolute atomic E-state index is 6.24. The lowest BCUT2D eigenvalue weighted by Crippen LogP contribution is -2.51. The number of ether oxygens (including phenoxy) is 2. The predicted molar refractivity (Wildman–Crippen MR) is 110 cm³/mol. The zero-order valence-corrected chi connectivity index (χ0v) is 17.3. The number of aliphatic imine (C=N–C) groups is 1. The van der Waals surface area contributed by atoms with Crippen LogP contribution in [0, 0.1) is 12.8 Å². The smallest absolute Gasteiger partial charge is 0.198 e. The molecular formula is C22H35N3O2. The highest BCUT2D eigenvalue weighted by Crippen LogP contribution is 2.35. The highest BCUT2D eigenvalue weighted by molar-refractivity contribution is 5.78. The molecule has 0 amide bonds. The number of benzene rings is 1. The summed E-state index contributed by atoms with van der Waals surface area (Å²) < 4.78 is 12.5. The monoisotopic (exact) mass is 373 g/mol. The molecule has 2 aliphatic rings. The van der Waals surface area contributed by atoms with Crippen molar-refractivity contribution in [2.45, 2.75) is 70.9 Å². The van der Waals surface area contributed by atoms with Crippen LogP contribution in [0.5, 0.6) is 5.75 Å². The minimum absolute atomic E-state index is 0.402. The van der Waals surface area contributed by atoms with Crippen molar-refractivity contribution in [3.05, 3.63) is 29.3 Å². The second-order valence-electron chi connectivity index (χ2n) is 8.62. The van der Waals surface area contributed by atoms with E-state index >= 15 is 0 Å². The summed E-state index contributed by atoms with van der Waals surface area (Å²) in [6, 6.07) is 6.44. The maximum Gasteiger partial charge on any atom is 0.198 e. The molecule has 1 aliphatic heterocycles. The van der Waals surface area contributed by atoms with Gasteiger partial charge in [-0.3, -0.25) is 0 Å². The van der Waals surface area contributed by atoms with Crippen LogP contribution in [0.4, 0.5) is 0 Å². The fourth-order valence-electron chi connectivity index (χ4n) is 4.08. The molecule has 0 aromatic heterocycles.